The van der Waals surface area contributed by atoms with Gasteiger partial charge in [0.05, 0.1) is 0 Å². The summed E-state index contributed by atoms with van der Waals surface area (Å²) >= 11 is 0. The number of carbonyl (C=O) groups excluding carboxylic acids is 1. The van der Waals surface area contributed by atoms with Crippen molar-refractivity contribution in [1.29, 1.82) is 0 Å². The second-order valence-electron chi connectivity index (χ2n) is 5.54. The summed E-state index contributed by atoms with van der Waals surface area (Å²) in [6.45, 7) is 0.145. The third-order valence-corrected chi connectivity index (χ3v) is 3.76. The minimum Gasteiger partial charge on any atom is -0.484 e. The Bertz CT molecular complexity index is 471. The van der Waals surface area contributed by atoms with Crippen molar-refractivity contribution in [3.05, 3.63) is 29.6 Å². The highest BCUT2D eigenvalue weighted by atomic mass is 19.1. The fourth-order valence-electron chi connectivity index (χ4n) is 2.66. The summed E-state index contributed by atoms with van der Waals surface area (Å²) < 4.78 is 18.7. The van der Waals surface area contributed by atoms with E-state index >= 15 is 0 Å². The van der Waals surface area contributed by atoms with E-state index in [1.54, 1.807) is 6.07 Å². The molecule has 3 N–H and O–H groups in total. The lowest BCUT2D eigenvalue weighted by molar-refractivity contribution is -0.123. The van der Waals surface area contributed by atoms with Crippen LogP contribution in [0.1, 0.15) is 44.1 Å². The molecule has 1 aromatic carbocycles. The van der Waals surface area contributed by atoms with Gasteiger partial charge in [0.1, 0.15) is 11.6 Å². The fourth-order valence-corrected chi connectivity index (χ4v) is 2.66. The quantitative estimate of drug-likeness (QED) is 0.820. The van der Waals surface area contributed by atoms with Gasteiger partial charge in [0.25, 0.3) is 5.91 Å². The molecular weight excluding hydrogens is 271 g/mol. The number of ether oxygens (including phenoxy) is 1. The Morgan fingerprint density at radius 1 is 1.24 bits per heavy atom. The SMILES string of the molecule is NCc1cc(F)cc(OCC(=O)NC2CCCCCC2)c1. The standard InChI is InChI=1S/C16H23FN2O2/c17-13-7-12(10-18)8-15(9-13)21-11-16(20)19-14-5-3-1-2-4-6-14/h7-9,14H,1-6,10-11,18H2,(H,19,20). The summed E-state index contributed by atoms with van der Waals surface area (Å²) in [6.07, 6.45) is 6.87. The van der Waals surface area contributed by atoms with Crippen LogP contribution in [0.15, 0.2) is 18.2 Å². The fraction of sp³-hybridized carbons (Fsp3) is 0.562. The van der Waals surface area contributed by atoms with Crippen LogP contribution in [-0.2, 0) is 11.3 Å². The summed E-state index contributed by atoms with van der Waals surface area (Å²) in [5.74, 6) is -0.218. The van der Waals surface area contributed by atoms with Crippen LogP contribution in [0.25, 0.3) is 0 Å². The molecule has 0 unspecified atom stereocenters. The van der Waals surface area contributed by atoms with Crippen molar-refractivity contribution < 1.29 is 13.9 Å². The maximum Gasteiger partial charge on any atom is 0.258 e. The highest BCUT2D eigenvalue weighted by Gasteiger charge is 2.15. The number of nitrogens with two attached hydrogens (primary N) is 1. The second-order valence-corrected chi connectivity index (χ2v) is 5.54. The first-order chi connectivity index (χ1) is 10.2. The van der Waals surface area contributed by atoms with Crippen LogP contribution < -0.4 is 15.8 Å². The van der Waals surface area contributed by atoms with Crippen molar-refractivity contribution in [2.24, 2.45) is 5.73 Å². The molecule has 0 aromatic heterocycles. The molecule has 1 saturated carbocycles. The normalized spacial score (nSPS) is 16.3. The molecule has 1 aromatic rings. The molecular formula is C16H23FN2O2. The average molecular weight is 294 g/mol. The van der Waals surface area contributed by atoms with Crippen molar-refractivity contribution in [3.63, 3.8) is 0 Å². The predicted octanol–water partition coefficient (Wildman–Crippen LogP) is 2.50. The minimum atomic E-state index is -0.405. The van der Waals surface area contributed by atoms with Crippen LogP contribution in [-0.4, -0.2) is 18.6 Å². The molecule has 0 saturated heterocycles. The van der Waals surface area contributed by atoms with Crippen molar-refractivity contribution in [1.82, 2.24) is 5.32 Å². The first-order valence-corrected chi connectivity index (χ1v) is 7.59. The van der Waals surface area contributed by atoms with Gasteiger partial charge in [-0.15, -0.1) is 0 Å². The van der Waals surface area contributed by atoms with Crippen LogP contribution in [0, 0.1) is 5.82 Å². The Kier molecular flexibility index (Phi) is 5.99. The van der Waals surface area contributed by atoms with Gasteiger partial charge in [0.15, 0.2) is 6.61 Å². The van der Waals surface area contributed by atoms with E-state index in [1.807, 2.05) is 0 Å². The van der Waals surface area contributed by atoms with Crippen molar-refractivity contribution in [2.75, 3.05) is 6.61 Å². The molecule has 0 aliphatic heterocycles. The molecule has 21 heavy (non-hydrogen) atoms. The molecule has 5 heteroatoms. The lowest BCUT2D eigenvalue weighted by Crippen LogP contribution is -2.37. The van der Waals surface area contributed by atoms with Crippen LogP contribution in [0.5, 0.6) is 5.75 Å². The van der Waals surface area contributed by atoms with Gasteiger partial charge in [-0.2, -0.15) is 0 Å². The lowest BCUT2D eigenvalue weighted by atomic mass is 10.1. The number of halogens is 1. The van der Waals surface area contributed by atoms with Gasteiger partial charge in [0.2, 0.25) is 0 Å². The molecule has 1 aliphatic rings. The van der Waals surface area contributed by atoms with Crippen molar-refractivity contribution >= 4 is 5.91 Å². The number of hydrogen-bond donors (Lipinski definition) is 2. The molecule has 116 valence electrons. The van der Waals surface area contributed by atoms with Crippen molar-refractivity contribution in [2.45, 2.75) is 51.1 Å². The van der Waals surface area contributed by atoms with Crippen LogP contribution >= 0.6 is 0 Å². The Balaban J connectivity index is 1.81. The van der Waals surface area contributed by atoms with E-state index < -0.39 is 5.82 Å². The highest BCUT2D eigenvalue weighted by Crippen LogP contribution is 2.18. The summed E-state index contributed by atoms with van der Waals surface area (Å²) in [6, 6.07) is 4.52. The topological polar surface area (TPSA) is 64.3 Å². The summed E-state index contributed by atoms with van der Waals surface area (Å²) in [5, 5.41) is 2.99. The molecule has 2 rings (SSSR count). The van der Waals surface area contributed by atoms with E-state index in [0.29, 0.717) is 11.3 Å². The molecule has 1 aliphatic carbocycles. The monoisotopic (exact) mass is 294 g/mol. The van der Waals surface area contributed by atoms with E-state index in [9.17, 15) is 9.18 Å². The first-order valence-electron chi connectivity index (χ1n) is 7.59. The Morgan fingerprint density at radius 3 is 2.62 bits per heavy atom. The maximum atomic E-state index is 13.3. The maximum absolute atomic E-state index is 13.3. The Hall–Kier alpha value is -1.62. The number of amides is 1. The van der Waals surface area contributed by atoms with Gasteiger partial charge in [-0.1, -0.05) is 25.7 Å². The number of benzene rings is 1. The third kappa shape index (κ3) is 5.34. The number of rotatable bonds is 5. The molecule has 0 bridgehead atoms. The number of nitrogens with one attached hydrogen (secondary N) is 1. The number of carbonyl (C=O) groups is 1. The van der Waals surface area contributed by atoms with Crippen LogP contribution in [0.3, 0.4) is 0 Å². The van der Waals surface area contributed by atoms with E-state index in [0.717, 1.165) is 25.7 Å². The Morgan fingerprint density at radius 2 is 1.95 bits per heavy atom. The van der Waals surface area contributed by atoms with E-state index in [4.69, 9.17) is 10.5 Å². The highest BCUT2D eigenvalue weighted by molar-refractivity contribution is 5.77. The molecule has 0 heterocycles. The van der Waals surface area contributed by atoms with Crippen molar-refractivity contribution in [3.8, 4) is 5.75 Å². The number of hydrogen-bond acceptors (Lipinski definition) is 3. The molecule has 4 nitrogen and oxygen atoms in total. The van der Waals surface area contributed by atoms with Gasteiger partial charge in [-0.25, -0.2) is 4.39 Å². The van der Waals surface area contributed by atoms with E-state index in [2.05, 4.69) is 5.32 Å². The summed E-state index contributed by atoms with van der Waals surface area (Å²) in [5.41, 5.74) is 6.13. The van der Waals surface area contributed by atoms with Gasteiger partial charge in [-0.05, 0) is 30.5 Å². The predicted molar refractivity (Wildman–Crippen MR) is 79.4 cm³/mol. The van der Waals surface area contributed by atoms with Gasteiger partial charge < -0.3 is 15.8 Å². The van der Waals surface area contributed by atoms with Crippen LogP contribution in [0.2, 0.25) is 0 Å². The molecule has 1 fully saturated rings. The zero-order valence-electron chi connectivity index (χ0n) is 12.2. The van der Waals surface area contributed by atoms with Gasteiger partial charge >= 0.3 is 0 Å². The summed E-state index contributed by atoms with van der Waals surface area (Å²) in [7, 11) is 0. The smallest absolute Gasteiger partial charge is 0.258 e. The van der Waals surface area contributed by atoms with E-state index in [-0.39, 0.29) is 25.1 Å². The minimum absolute atomic E-state index is 0.0933. The van der Waals surface area contributed by atoms with E-state index in [1.165, 1.54) is 25.0 Å². The zero-order valence-corrected chi connectivity index (χ0v) is 12.2. The largest absolute Gasteiger partial charge is 0.484 e. The summed E-state index contributed by atoms with van der Waals surface area (Å²) in [4.78, 5) is 11.9. The van der Waals surface area contributed by atoms with Gasteiger partial charge in [-0.3, -0.25) is 4.79 Å². The zero-order chi connectivity index (χ0) is 15.1. The van der Waals surface area contributed by atoms with Crippen LogP contribution in [0.4, 0.5) is 4.39 Å². The first kappa shape index (κ1) is 15.8. The molecule has 0 spiro atoms. The third-order valence-electron chi connectivity index (χ3n) is 3.76. The molecule has 0 radical (unpaired) electrons. The molecule has 0 atom stereocenters. The average Bonchev–Trinajstić information content (AvgIpc) is 2.73. The van der Waals surface area contributed by atoms with Gasteiger partial charge in [0, 0.05) is 18.7 Å². The lowest BCUT2D eigenvalue weighted by Gasteiger charge is -2.16. The second kappa shape index (κ2) is 7.98. The Labute approximate surface area is 124 Å². The molecule has 1 amide bonds.